The molecule has 6 heteroatoms. The van der Waals surface area contributed by atoms with Gasteiger partial charge in [0.1, 0.15) is 6.04 Å². The normalized spacial score (nSPS) is 32.0. The van der Waals surface area contributed by atoms with Crippen LogP contribution < -0.4 is 10.2 Å². The molecule has 138 valence electrons. The minimum Gasteiger partial charge on any atom is -0.359 e. The van der Waals surface area contributed by atoms with Crippen LogP contribution in [0.1, 0.15) is 27.2 Å². The van der Waals surface area contributed by atoms with Gasteiger partial charge in [0.25, 0.3) is 5.69 Å². The Balaban J connectivity index is 1.66. The Morgan fingerprint density at radius 2 is 1.85 bits per heavy atom. The molecule has 0 radical (unpaired) electrons. The van der Waals surface area contributed by atoms with Crippen LogP contribution in [0.3, 0.4) is 0 Å². The van der Waals surface area contributed by atoms with Gasteiger partial charge in [-0.15, -0.1) is 0 Å². The van der Waals surface area contributed by atoms with Gasteiger partial charge < -0.3 is 10.2 Å². The van der Waals surface area contributed by atoms with Gasteiger partial charge >= 0.3 is 0 Å². The molecule has 1 aliphatic heterocycles. The van der Waals surface area contributed by atoms with Crippen LogP contribution in [-0.2, 0) is 4.79 Å². The third-order valence-electron chi connectivity index (χ3n) is 5.96. The number of non-ortho nitro benzene ring substituents is 1. The Kier molecular flexibility index (Phi) is 3.82. The molecule has 0 spiro atoms. The van der Waals surface area contributed by atoms with Gasteiger partial charge in [0.05, 0.1) is 4.92 Å². The van der Waals surface area contributed by atoms with E-state index in [2.05, 4.69) is 22.4 Å². The van der Waals surface area contributed by atoms with E-state index in [1.54, 1.807) is 12.1 Å². The van der Waals surface area contributed by atoms with Crippen LogP contribution in [0.4, 0.5) is 11.4 Å². The van der Waals surface area contributed by atoms with Gasteiger partial charge in [0.15, 0.2) is 0 Å². The fraction of sp³-hybridized carbons (Fsp3) is 0.550. The Hall–Kier alpha value is -2.37. The summed E-state index contributed by atoms with van der Waals surface area (Å²) in [5.41, 5.74) is 0.674. The number of nitrogens with zero attached hydrogens (tertiary/aromatic N) is 2. The van der Waals surface area contributed by atoms with Crippen molar-refractivity contribution >= 4 is 17.3 Å². The average Bonchev–Trinajstić information content (AvgIpc) is 3.24. The van der Waals surface area contributed by atoms with E-state index in [4.69, 9.17) is 0 Å². The summed E-state index contributed by atoms with van der Waals surface area (Å²) in [5, 5.41) is 14.1. The zero-order chi connectivity index (χ0) is 18.6. The molecule has 4 rings (SSSR count). The minimum atomic E-state index is -0.392. The average molecular weight is 355 g/mol. The molecular weight excluding hydrogens is 330 g/mol. The second-order valence-electron chi connectivity index (χ2n) is 8.80. The van der Waals surface area contributed by atoms with E-state index in [9.17, 15) is 14.9 Å². The molecule has 1 saturated carbocycles. The van der Waals surface area contributed by atoms with Crippen LogP contribution >= 0.6 is 0 Å². The maximum atomic E-state index is 13.2. The van der Waals surface area contributed by atoms with Crippen LogP contribution in [0, 0.1) is 33.8 Å². The highest BCUT2D eigenvalue weighted by Gasteiger charge is 2.56. The van der Waals surface area contributed by atoms with Crippen molar-refractivity contribution in [3.05, 3.63) is 46.5 Å². The van der Waals surface area contributed by atoms with Gasteiger partial charge in [-0.2, -0.15) is 0 Å². The number of nitro groups is 1. The van der Waals surface area contributed by atoms with Crippen LogP contribution in [0.2, 0.25) is 0 Å². The van der Waals surface area contributed by atoms with E-state index in [0.717, 1.165) is 18.7 Å². The minimum absolute atomic E-state index is 0.0595. The van der Waals surface area contributed by atoms with E-state index < -0.39 is 4.92 Å². The standard InChI is InChI=1S/C20H25N3O3/c1-20(2,3)21-19(24)18-17-13-5-4-12(10-13)16(17)11-22(18)14-6-8-15(9-7-14)23(25)26/h4-9,12-13,16-18H,10-11H2,1-3H3,(H,21,24)/t12-,13+,16-,17+,18+/m1/s1. The summed E-state index contributed by atoms with van der Waals surface area (Å²) in [6, 6.07) is 6.36. The Morgan fingerprint density at radius 3 is 2.46 bits per heavy atom. The molecule has 26 heavy (non-hydrogen) atoms. The molecule has 2 fully saturated rings. The third kappa shape index (κ3) is 2.77. The molecule has 6 nitrogen and oxygen atoms in total. The SMILES string of the molecule is CC(C)(C)NC(=O)[C@@H]1[C@@H]2[C@H](CN1c1ccc([N+](=O)[O-])cc1)[C@@H]1C=C[C@H]2C1. The van der Waals surface area contributed by atoms with Gasteiger partial charge in [-0.3, -0.25) is 14.9 Å². The highest BCUT2D eigenvalue weighted by atomic mass is 16.6. The molecule has 3 aliphatic rings. The molecule has 1 N–H and O–H groups in total. The van der Waals surface area contributed by atoms with Crippen molar-refractivity contribution in [2.45, 2.75) is 38.8 Å². The van der Waals surface area contributed by atoms with Crippen molar-refractivity contribution in [1.82, 2.24) is 5.32 Å². The topological polar surface area (TPSA) is 75.5 Å². The molecular formula is C20H25N3O3. The van der Waals surface area contributed by atoms with Gasteiger partial charge in [-0.25, -0.2) is 0 Å². The van der Waals surface area contributed by atoms with Gasteiger partial charge in [0, 0.05) is 29.9 Å². The largest absolute Gasteiger partial charge is 0.359 e. The Labute approximate surface area is 153 Å². The highest BCUT2D eigenvalue weighted by molar-refractivity contribution is 5.87. The van der Waals surface area contributed by atoms with E-state index in [0.29, 0.717) is 23.7 Å². The van der Waals surface area contributed by atoms with Crippen LogP contribution in [0.15, 0.2) is 36.4 Å². The number of hydrogen-bond donors (Lipinski definition) is 1. The first-order valence-corrected chi connectivity index (χ1v) is 9.26. The summed E-state index contributed by atoms with van der Waals surface area (Å²) in [7, 11) is 0. The lowest BCUT2D eigenvalue weighted by molar-refractivity contribution is -0.384. The number of benzene rings is 1. The molecule has 0 aromatic heterocycles. The van der Waals surface area contributed by atoms with Gasteiger partial charge in [-0.05, 0) is 63.0 Å². The van der Waals surface area contributed by atoms with Crippen molar-refractivity contribution in [1.29, 1.82) is 0 Å². The first kappa shape index (κ1) is 17.1. The highest BCUT2D eigenvalue weighted by Crippen LogP contribution is 2.54. The number of hydrogen-bond acceptors (Lipinski definition) is 4. The number of rotatable bonds is 3. The monoisotopic (exact) mass is 355 g/mol. The summed E-state index contributed by atoms with van der Waals surface area (Å²) in [5.74, 6) is 1.88. The zero-order valence-electron chi connectivity index (χ0n) is 15.4. The smallest absolute Gasteiger partial charge is 0.269 e. The van der Waals surface area contributed by atoms with Gasteiger partial charge in [0.2, 0.25) is 5.91 Å². The number of anilines is 1. The predicted octanol–water partition coefficient (Wildman–Crippen LogP) is 3.14. The second-order valence-corrected chi connectivity index (χ2v) is 8.80. The van der Waals surface area contributed by atoms with Crippen molar-refractivity contribution in [3.8, 4) is 0 Å². The number of carbonyl (C=O) groups is 1. The first-order chi connectivity index (χ1) is 12.2. The fourth-order valence-electron chi connectivity index (χ4n) is 5.03. The maximum absolute atomic E-state index is 13.2. The van der Waals surface area contributed by atoms with Crippen LogP contribution in [0.25, 0.3) is 0 Å². The number of nitrogens with one attached hydrogen (secondary N) is 1. The van der Waals surface area contributed by atoms with Crippen molar-refractivity contribution < 1.29 is 9.72 Å². The molecule has 1 aromatic carbocycles. The predicted molar refractivity (Wildman–Crippen MR) is 99.8 cm³/mol. The van der Waals surface area contributed by atoms with Gasteiger partial charge in [-0.1, -0.05) is 12.2 Å². The first-order valence-electron chi connectivity index (χ1n) is 9.26. The van der Waals surface area contributed by atoms with Crippen molar-refractivity contribution in [2.75, 3.05) is 11.4 Å². The van der Waals surface area contributed by atoms with E-state index in [1.807, 2.05) is 20.8 Å². The van der Waals surface area contributed by atoms with E-state index >= 15 is 0 Å². The molecule has 1 heterocycles. The second kappa shape index (κ2) is 5.83. The fourth-order valence-corrected chi connectivity index (χ4v) is 5.03. The summed E-state index contributed by atoms with van der Waals surface area (Å²) < 4.78 is 0. The molecule has 1 amide bonds. The lowest BCUT2D eigenvalue weighted by Crippen LogP contribution is -2.52. The zero-order valence-corrected chi connectivity index (χ0v) is 15.4. The summed E-state index contributed by atoms with van der Waals surface area (Å²) in [4.78, 5) is 25.9. The number of nitro benzene ring substituents is 1. The number of carbonyl (C=O) groups excluding carboxylic acids is 1. The summed E-state index contributed by atoms with van der Waals surface area (Å²) in [6.45, 7) is 6.81. The lowest BCUT2D eigenvalue weighted by atomic mass is 9.81. The van der Waals surface area contributed by atoms with Crippen molar-refractivity contribution in [2.24, 2.45) is 23.7 Å². The molecule has 2 bridgehead atoms. The molecule has 2 aliphatic carbocycles. The van der Waals surface area contributed by atoms with Crippen molar-refractivity contribution in [3.63, 3.8) is 0 Å². The number of fused-ring (bicyclic) bond motifs is 5. The van der Waals surface area contributed by atoms with E-state index in [-0.39, 0.29) is 23.2 Å². The molecule has 1 aromatic rings. The molecule has 1 saturated heterocycles. The van der Waals surface area contributed by atoms with E-state index in [1.165, 1.54) is 12.1 Å². The molecule has 0 unspecified atom stereocenters. The lowest BCUT2D eigenvalue weighted by Gasteiger charge is -2.33. The maximum Gasteiger partial charge on any atom is 0.269 e. The molecule has 5 atom stereocenters. The number of amides is 1. The summed E-state index contributed by atoms with van der Waals surface area (Å²) in [6.07, 6.45) is 5.75. The van der Waals surface area contributed by atoms with Crippen LogP contribution in [-0.4, -0.2) is 29.0 Å². The quantitative estimate of drug-likeness (QED) is 0.513. The number of allylic oxidation sites excluding steroid dienone is 2. The van der Waals surface area contributed by atoms with Crippen LogP contribution in [0.5, 0.6) is 0 Å². The Morgan fingerprint density at radius 1 is 1.19 bits per heavy atom. The summed E-state index contributed by atoms with van der Waals surface area (Å²) >= 11 is 0. The third-order valence-corrected chi connectivity index (χ3v) is 5.96. The Bertz CT molecular complexity index is 766.